The van der Waals surface area contributed by atoms with Gasteiger partial charge in [0.1, 0.15) is 0 Å². The molecule has 16 heavy (non-hydrogen) atoms. The van der Waals surface area contributed by atoms with Crippen LogP contribution in [0, 0.1) is 0 Å². The third-order valence-corrected chi connectivity index (χ3v) is 2.18. The molecule has 0 heterocycles. The number of allylic oxidation sites excluding steroid dienone is 1. The van der Waals surface area contributed by atoms with Gasteiger partial charge in [0.25, 0.3) is 0 Å². The van der Waals surface area contributed by atoms with Crippen molar-refractivity contribution in [2.45, 2.75) is 19.5 Å². The van der Waals surface area contributed by atoms with Crippen LogP contribution in [0.3, 0.4) is 0 Å². The Morgan fingerprint density at radius 2 is 2.31 bits per heavy atom. The van der Waals surface area contributed by atoms with Gasteiger partial charge in [0.15, 0.2) is 0 Å². The second-order valence-corrected chi connectivity index (χ2v) is 3.44. The van der Waals surface area contributed by atoms with E-state index in [0.717, 1.165) is 11.1 Å². The van der Waals surface area contributed by atoms with Crippen LogP contribution in [0.1, 0.15) is 18.1 Å². The van der Waals surface area contributed by atoms with Gasteiger partial charge in [0, 0.05) is 6.42 Å². The van der Waals surface area contributed by atoms with Crippen molar-refractivity contribution >= 4 is 12.0 Å². The summed E-state index contributed by atoms with van der Waals surface area (Å²) in [6.45, 7) is 1.92. The number of benzene rings is 1. The molecule has 3 heteroatoms. The first kappa shape index (κ1) is 12.4. The maximum absolute atomic E-state index is 13.3. The third kappa shape index (κ3) is 3.50. The molecule has 0 N–H and O–H groups in total. The first-order chi connectivity index (χ1) is 7.67. The number of esters is 1. The molecule has 1 atom stereocenters. The largest absolute Gasteiger partial charge is 0.467 e. The van der Waals surface area contributed by atoms with E-state index in [1.807, 2.05) is 37.3 Å². The lowest BCUT2D eigenvalue weighted by molar-refractivity contribution is -0.146. The van der Waals surface area contributed by atoms with Gasteiger partial charge in [-0.15, -0.1) is 0 Å². The van der Waals surface area contributed by atoms with Gasteiger partial charge in [0.2, 0.25) is 6.17 Å². The van der Waals surface area contributed by atoms with E-state index in [-0.39, 0.29) is 6.42 Å². The zero-order valence-corrected chi connectivity index (χ0v) is 9.44. The van der Waals surface area contributed by atoms with Crippen molar-refractivity contribution in [3.63, 3.8) is 0 Å². The molecule has 0 saturated heterocycles. The number of methoxy groups -OCH3 is 1. The predicted molar refractivity (Wildman–Crippen MR) is 61.8 cm³/mol. The summed E-state index contributed by atoms with van der Waals surface area (Å²) in [5.41, 5.74) is 1.78. The van der Waals surface area contributed by atoms with Crippen LogP contribution in [0.4, 0.5) is 4.39 Å². The molecule has 1 rings (SSSR count). The second kappa shape index (κ2) is 6.05. The van der Waals surface area contributed by atoms with Crippen LogP contribution in [0.2, 0.25) is 0 Å². The highest BCUT2D eigenvalue weighted by molar-refractivity contribution is 5.74. The van der Waals surface area contributed by atoms with E-state index < -0.39 is 12.1 Å². The number of hydrogen-bond donors (Lipinski definition) is 0. The van der Waals surface area contributed by atoms with Crippen molar-refractivity contribution in [1.82, 2.24) is 0 Å². The molecule has 0 bridgehead atoms. The number of ether oxygens (including phenoxy) is 1. The average Bonchev–Trinajstić information content (AvgIpc) is 2.29. The van der Waals surface area contributed by atoms with Crippen molar-refractivity contribution in [1.29, 1.82) is 0 Å². The molecule has 0 aliphatic carbocycles. The molecular formula is C13H15FO2. The Labute approximate surface area is 94.7 Å². The Balaban J connectivity index is 2.73. The fourth-order valence-electron chi connectivity index (χ4n) is 1.43. The van der Waals surface area contributed by atoms with E-state index in [1.165, 1.54) is 7.11 Å². The molecule has 1 aromatic carbocycles. The maximum atomic E-state index is 13.3. The van der Waals surface area contributed by atoms with Gasteiger partial charge in [-0.05, 0) is 18.1 Å². The first-order valence-electron chi connectivity index (χ1n) is 5.11. The summed E-state index contributed by atoms with van der Waals surface area (Å²) in [5.74, 6) is -0.823. The summed E-state index contributed by atoms with van der Waals surface area (Å²) in [6, 6.07) is 7.42. The highest BCUT2D eigenvalue weighted by Gasteiger charge is 2.17. The number of carbonyl (C=O) groups is 1. The van der Waals surface area contributed by atoms with Gasteiger partial charge in [-0.2, -0.15) is 0 Å². The summed E-state index contributed by atoms with van der Waals surface area (Å²) in [7, 11) is 1.19. The molecule has 0 aromatic heterocycles. The number of rotatable bonds is 4. The minimum Gasteiger partial charge on any atom is -0.467 e. The molecule has 0 saturated carbocycles. The molecule has 1 unspecified atom stereocenters. The maximum Gasteiger partial charge on any atom is 0.340 e. The summed E-state index contributed by atoms with van der Waals surface area (Å²) in [5, 5.41) is 0. The highest BCUT2D eigenvalue weighted by atomic mass is 19.1. The van der Waals surface area contributed by atoms with Crippen molar-refractivity contribution in [2.24, 2.45) is 0 Å². The average molecular weight is 222 g/mol. The Bertz CT molecular complexity index is 385. The van der Waals surface area contributed by atoms with Crippen LogP contribution < -0.4 is 0 Å². The van der Waals surface area contributed by atoms with Crippen LogP contribution >= 0.6 is 0 Å². The minimum atomic E-state index is -1.59. The van der Waals surface area contributed by atoms with Crippen LogP contribution in [-0.4, -0.2) is 19.3 Å². The fraction of sp³-hybridized carbons (Fsp3) is 0.308. The van der Waals surface area contributed by atoms with E-state index in [4.69, 9.17) is 0 Å². The van der Waals surface area contributed by atoms with Crippen molar-refractivity contribution in [2.75, 3.05) is 7.11 Å². The Morgan fingerprint density at radius 1 is 1.56 bits per heavy atom. The molecule has 0 spiro atoms. The quantitative estimate of drug-likeness (QED) is 0.732. The van der Waals surface area contributed by atoms with E-state index in [9.17, 15) is 9.18 Å². The van der Waals surface area contributed by atoms with Crippen molar-refractivity contribution in [3.8, 4) is 0 Å². The van der Waals surface area contributed by atoms with Gasteiger partial charge >= 0.3 is 5.97 Å². The van der Waals surface area contributed by atoms with Crippen LogP contribution in [0.25, 0.3) is 6.08 Å². The number of halogens is 1. The van der Waals surface area contributed by atoms with Gasteiger partial charge in [-0.25, -0.2) is 9.18 Å². The summed E-state index contributed by atoms with van der Waals surface area (Å²) in [6.07, 6.45) is 2.30. The summed E-state index contributed by atoms with van der Waals surface area (Å²) in [4.78, 5) is 10.9. The van der Waals surface area contributed by atoms with Gasteiger partial charge in [-0.1, -0.05) is 36.4 Å². The normalized spacial score (nSPS) is 12.7. The van der Waals surface area contributed by atoms with Crippen LogP contribution in [0.5, 0.6) is 0 Å². The van der Waals surface area contributed by atoms with Crippen LogP contribution in [0.15, 0.2) is 30.3 Å². The van der Waals surface area contributed by atoms with Gasteiger partial charge in [0.05, 0.1) is 7.11 Å². The second-order valence-electron chi connectivity index (χ2n) is 3.44. The van der Waals surface area contributed by atoms with E-state index in [2.05, 4.69) is 4.74 Å². The molecule has 0 radical (unpaired) electrons. The molecule has 0 amide bonds. The number of carbonyl (C=O) groups excluding carboxylic acids is 1. The number of alkyl halides is 1. The molecule has 86 valence electrons. The fourth-order valence-corrected chi connectivity index (χ4v) is 1.43. The smallest absolute Gasteiger partial charge is 0.340 e. The lowest BCUT2D eigenvalue weighted by atomic mass is 10.1. The van der Waals surface area contributed by atoms with E-state index in [0.29, 0.717) is 0 Å². The zero-order valence-electron chi connectivity index (χ0n) is 9.44. The van der Waals surface area contributed by atoms with Gasteiger partial charge in [-0.3, -0.25) is 0 Å². The third-order valence-electron chi connectivity index (χ3n) is 2.18. The zero-order chi connectivity index (χ0) is 12.0. The molecule has 0 aliphatic heterocycles. The predicted octanol–water partition coefficient (Wildman–Crippen LogP) is 2.77. The summed E-state index contributed by atoms with van der Waals surface area (Å²) < 4.78 is 17.6. The minimum absolute atomic E-state index is 0.0536. The van der Waals surface area contributed by atoms with E-state index >= 15 is 0 Å². The topological polar surface area (TPSA) is 26.3 Å². The Kier molecular flexibility index (Phi) is 4.70. The Morgan fingerprint density at radius 3 is 2.94 bits per heavy atom. The lowest BCUT2D eigenvalue weighted by Crippen LogP contribution is -2.19. The lowest BCUT2D eigenvalue weighted by Gasteiger charge is -2.06. The molecule has 0 fully saturated rings. The van der Waals surface area contributed by atoms with Crippen molar-refractivity contribution < 1.29 is 13.9 Å². The molecule has 0 aliphatic rings. The molecule has 2 nitrogen and oxygen atoms in total. The Hall–Kier alpha value is -1.64. The molecule has 1 aromatic rings. The molecular weight excluding hydrogens is 207 g/mol. The first-order valence-corrected chi connectivity index (χ1v) is 5.11. The van der Waals surface area contributed by atoms with Crippen LogP contribution in [-0.2, 0) is 16.0 Å². The van der Waals surface area contributed by atoms with Crippen molar-refractivity contribution in [3.05, 3.63) is 41.5 Å². The summed E-state index contributed by atoms with van der Waals surface area (Å²) >= 11 is 0. The SMILES string of the molecule is C/C=C\c1cccc(CC(F)C(=O)OC)c1. The standard InChI is InChI=1S/C13H15FO2/c1-3-5-10-6-4-7-11(8-10)9-12(14)13(15)16-2/h3-8,12H,9H2,1-2H3/b5-3-. The monoisotopic (exact) mass is 222 g/mol. The number of hydrogen-bond acceptors (Lipinski definition) is 2. The van der Waals surface area contributed by atoms with Gasteiger partial charge < -0.3 is 4.74 Å². The highest BCUT2D eigenvalue weighted by Crippen LogP contribution is 2.11. The van der Waals surface area contributed by atoms with E-state index in [1.54, 1.807) is 6.07 Å².